The Balaban J connectivity index is 1.69. The molecule has 0 fully saturated rings. The largest absolute Gasteiger partial charge is 0.594 e. The van der Waals surface area contributed by atoms with Gasteiger partial charge >= 0.3 is 12.0 Å². The molecule has 0 aliphatic rings. The Labute approximate surface area is 165 Å². The maximum Gasteiger partial charge on any atom is 0.386 e. The molecule has 3 aromatic rings. The molecule has 1 heterocycles. The molecule has 9 heteroatoms. The minimum Gasteiger partial charge on any atom is -0.594 e. The number of carbonyl (C=O) groups is 1. The van der Waals surface area contributed by atoms with Crippen LogP contribution in [-0.4, -0.2) is 28.8 Å². The van der Waals surface area contributed by atoms with Crippen molar-refractivity contribution in [3.8, 4) is 17.5 Å². The summed E-state index contributed by atoms with van der Waals surface area (Å²) in [6.07, 6.45) is 0.702. The molecule has 0 amide bonds. The number of halogens is 1. The van der Waals surface area contributed by atoms with E-state index < -0.39 is 12.1 Å². The standard InChI is InChI=1S/C19H16ClN3O5/c1-3-10-26-18(24)12(2)27-14-5-7-15(8-6-14)28-19-21-16-9-4-13(20)11-17(16)23(25)22-19/h3-9,11-12H,1,10H2,2H3. The number of rotatable bonds is 7. The minimum absolute atomic E-state index is 0.111. The summed E-state index contributed by atoms with van der Waals surface area (Å²) >= 11 is 5.87. The molecule has 2 aromatic carbocycles. The lowest BCUT2D eigenvalue weighted by molar-refractivity contribution is -0.643. The van der Waals surface area contributed by atoms with E-state index in [4.69, 9.17) is 25.8 Å². The van der Waals surface area contributed by atoms with Gasteiger partial charge in [-0.25, -0.2) is 4.79 Å². The fourth-order valence-corrected chi connectivity index (χ4v) is 2.41. The van der Waals surface area contributed by atoms with E-state index >= 15 is 0 Å². The van der Waals surface area contributed by atoms with Crippen LogP contribution in [0, 0.1) is 5.21 Å². The van der Waals surface area contributed by atoms with Crippen LogP contribution in [0.2, 0.25) is 5.02 Å². The second-order valence-corrected chi connectivity index (χ2v) is 6.09. The van der Waals surface area contributed by atoms with Gasteiger partial charge in [-0.05, 0) is 48.2 Å². The summed E-state index contributed by atoms with van der Waals surface area (Å²) in [6.45, 7) is 5.18. The highest BCUT2D eigenvalue weighted by Gasteiger charge is 2.16. The molecule has 0 saturated carbocycles. The molecule has 0 bridgehead atoms. The Morgan fingerprint density at radius 2 is 2.00 bits per heavy atom. The van der Waals surface area contributed by atoms with Gasteiger partial charge in [-0.2, -0.15) is 4.98 Å². The molecule has 1 atom stereocenters. The Hall–Kier alpha value is -3.39. The number of esters is 1. The van der Waals surface area contributed by atoms with Gasteiger partial charge in [-0.1, -0.05) is 24.3 Å². The highest BCUT2D eigenvalue weighted by Crippen LogP contribution is 2.23. The van der Waals surface area contributed by atoms with Crippen LogP contribution >= 0.6 is 11.6 Å². The number of hydrogen-bond acceptors (Lipinski definition) is 7. The predicted molar refractivity (Wildman–Crippen MR) is 101 cm³/mol. The van der Waals surface area contributed by atoms with Crippen LogP contribution in [0.5, 0.6) is 17.5 Å². The molecule has 0 aliphatic carbocycles. The van der Waals surface area contributed by atoms with Crippen molar-refractivity contribution >= 4 is 28.6 Å². The normalized spacial score (nSPS) is 11.6. The third kappa shape index (κ3) is 4.66. The molecular weight excluding hydrogens is 386 g/mol. The summed E-state index contributed by atoms with van der Waals surface area (Å²) in [5.41, 5.74) is 0.636. The first-order valence-electron chi connectivity index (χ1n) is 8.25. The Morgan fingerprint density at radius 1 is 1.29 bits per heavy atom. The molecule has 1 aromatic heterocycles. The molecular formula is C19H16ClN3O5. The Morgan fingerprint density at radius 3 is 2.71 bits per heavy atom. The van der Waals surface area contributed by atoms with Gasteiger partial charge in [-0.15, -0.1) is 0 Å². The topological polar surface area (TPSA) is 97.5 Å². The van der Waals surface area contributed by atoms with Crippen LogP contribution in [0.25, 0.3) is 11.0 Å². The van der Waals surface area contributed by atoms with Crippen molar-refractivity contribution in [3.05, 3.63) is 65.3 Å². The summed E-state index contributed by atoms with van der Waals surface area (Å²) in [4.78, 5) is 16.3. The van der Waals surface area contributed by atoms with Crippen LogP contribution in [-0.2, 0) is 9.53 Å². The van der Waals surface area contributed by atoms with Crippen molar-refractivity contribution in [3.63, 3.8) is 0 Å². The van der Waals surface area contributed by atoms with Gasteiger partial charge in [0.15, 0.2) is 6.10 Å². The number of aromatic nitrogens is 3. The van der Waals surface area contributed by atoms with Crippen molar-refractivity contribution in [1.82, 2.24) is 10.1 Å². The number of carbonyl (C=O) groups excluding carboxylic acids is 1. The van der Waals surface area contributed by atoms with Crippen molar-refractivity contribution in [2.45, 2.75) is 13.0 Å². The third-order valence-electron chi connectivity index (χ3n) is 3.56. The average Bonchev–Trinajstić information content (AvgIpc) is 2.68. The molecule has 1 unspecified atom stereocenters. The lowest BCUT2D eigenvalue weighted by Gasteiger charge is -2.13. The van der Waals surface area contributed by atoms with Gasteiger partial charge < -0.3 is 19.4 Å². The fraction of sp³-hybridized carbons (Fsp3) is 0.158. The molecule has 0 radical (unpaired) electrons. The Bertz CT molecular complexity index is 1010. The number of benzene rings is 2. The first-order valence-corrected chi connectivity index (χ1v) is 8.63. The first-order chi connectivity index (χ1) is 13.5. The third-order valence-corrected chi connectivity index (χ3v) is 3.79. The molecule has 0 N–H and O–H groups in total. The molecule has 0 aliphatic heterocycles. The van der Waals surface area contributed by atoms with Crippen molar-refractivity contribution in [1.29, 1.82) is 0 Å². The molecule has 0 spiro atoms. The zero-order valence-corrected chi connectivity index (χ0v) is 15.6. The lowest BCUT2D eigenvalue weighted by Crippen LogP contribution is -2.32. The van der Waals surface area contributed by atoms with Gasteiger partial charge in [0.05, 0.1) is 5.10 Å². The summed E-state index contributed by atoms with van der Waals surface area (Å²) < 4.78 is 15.9. The summed E-state index contributed by atoms with van der Waals surface area (Å²) in [6, 6.07) is 11.0. The van der Waals surface area contributed by atoms with Crippen LogP contribution in [0.4, 0.5) is 0 Å². The fourth-order valence-electron chi connectivity index (χ4n) is 2.25. The Kier molecular flexibility index (Phi) is 5.90. The maximum atomic E-state index is 12.0. The number of fused-ring (bicyclic) bond motifs is 1. The van der Waals surface area contributed by atoms with Crippen molar-refractivity contribution in [2.24, 2.45) is 0 Å². The van der Waals surface area contributed by atoms with E-state index in [-0.39, 0.29) is 18.1 Å². The molecule has 3 rings (SSSR count). The SMILES string of the molecule is C=CCOC(=O)C(C)Oc1ccc(Oc2nc3ccc(Cl)cc3[n+]([O-])n2)cc1. The minimum atomic E-state index is -0.776. The average molecular weight is 402 g/mol. The van der Waals surface area contributed by atoms with E-state index in [1.54, 1.807) is 43.3 Å². The maximum absolute atomic E-state index is 12.0. The molecule has 0 saturated heterocycles. The molecule has 28 heavy (non-hydrogen) atoms. The summed E-state index contributed by atoms with van der Waals surface area (Å²) in [5, 5.41) is 16.2. The van der Waals surface area contributed by atoms with Crippen molar-refractivity contribution in [2.75, 3.05) is 6.61 Å². The summed E-state index contributed by atoms with van der Waals surface area (Å²) in [7, 11) is 0. The van der Waals surface area contributed by atoms with Gasteiger partial charge in [0.2, 0.25) is 0 Å². The molecule has 8 nitrogen and oxygen atoms in total. The van der Waals surface area contributed by atoms with Gasteiger partial charge in [0.1, 0.15) is 23.6 Å². The van der Waals surface area contributed by atoms with Gasteiger partial charge in [-0.3, -0.25) is 0 Å². The van der Waals surface area contributed by atoms with E-state index in [2.05, 4.69) is 16.7 Å². The van der Waals surface area contributed by atoms with E-state index in [1.807, 2.05) is 0 Å². The van der Waals surface area contributed by atoms with Crippen LogP contribution < -0.4 is 14.3 Å². The monoisotopic (exact) mass is 401 g/mol. The highest BCUT2D eigenvalue weighted by atomic mass is 35.5. The van der Waals surface area contributed by atoms with Crippen molar-refractivity contribution < 1.29 is 23.9 Å². The quantitative estimate of drug-likeness (QED) is 0.259. The second kappa shape index (κ2) is 8.53. The van der Waals surface area contributed by atoms with E-state index in [0.29, 0.717) is 26.9 Å². The lowest BCUT2D eigenvalue weighted by atomic mass is 10.3. The zero-order chi connectivity index (χ0) is 20.1. The van der Waals surface area contributed by atoms with Gasteiger partial charge in [0.25, 0.3) is 5.52 Å². The van der Waals surface area contributed by atoms with Crippen LogP contribution in [0.1, 0.15) is 6.92 Å². The van der Waals surface area contributed by atoms with Crippen LogP contribution in [0.3, 0.4) is 0 Å². The molecule has 144 valence electrons. The number of ether oxygens (including phenoxy) is 3. The predicted octanol–water partition coefficient (Wildman–Crippen LogP) is 3.21. The van der Waals surface area contributed by atoms with E-state index in [1.165, 1.54) is 12.1 Å². The number of hydrogen-bond donors (Lipinski definition) is 0. The van der Waals surface area contributed by atoms with Gasteiger partial charge in [0, 0.05) is 11.1 Å². The second-order valence-electron chi connectivity index (χ2n) is 5.65. The van der Waals surface area contributed by atoms with E-state index in [9.17, 15) is 10.0 Å². The number of nitrogens with zero attached hydrogens (tertiary/aromatic N) is 3. The van der Waals surface area contributed by atoms with Crippen LogP contribution in [0.15, 0.2) is 55.1 Å². The first kappa shape index (κ1) is 19.4. The smallest absolute Gasteiger partial charge is 0.386 e. The summed E-state index contributed by atoms with van der Waals surface area (Å²) in [5.74, 6) is 0.343. The zero-order valence-electron chi connectivity index (χ0n) is 14.9. The van der Waals surface area contributed by atoms with E-state index in [0.717, 1.165) is 0 Å². The highest BCUT2D eigenvalue weighted by molar-refractivity contribution is 6.31.